The Morgan fingerprint density at radius 2 is 1.88 bits per heavy atom. The van der Waals surface area contributed by atoms with Crippen LogP contribution < -0.4 is 0 Å². The highest BCUT2D eigenvalue weighted by atomic mass is 79.9. The number of benzene rings is 1. The van der Waals surface area contributed by atoms with Gasteiger partial charge in [-0.25, -0.2) is 4.98 Å². The molecule has 0 radical (unpaired) electrons. The molecule has 3 nitrogen and oxygen atoms in total. The third-order valence-corrected chi connectivity index (χ3v) is 4.25. The van der Waals surface area contributed by atoms with Crippen LogP contribution in [0.3, 0.4) is 0 Å². The average Bonchev–Trinajstić information content (AvgIpc) is 2.57. The van der Waals surface area contributed by atoms with Gasteiger partial charge in [0.05, 0.1) is 11.6 Å². The maximum absolute atomic E-state index is 8.72. The average molecular weight is 341 g/mol. The summed E-state index contributed by atoms with van der Waals surface area (Å²) < 4.78 is 3.60. The third-order valence-electron chi connectivity index (χ3n) is 2.26. The van der Waals surface area contributed by atoms with Crippen molar-refractivity contribution in [2.24, 2.45) is 7.05 Å². The molecule has 0 amide bonds. The topological polar surface area (TPSA) is 41.6 Å². The van der Waals surface area contributed by atoms with Crippen LogP contribution in [0.15, 0.2) is 33.5 Å². The zero-order valence-corrected chi connectivity index (χ0v) is 11.6. The number of hydrogen-bond donors (Lipinski definition) is 0. The summed E-state index contributed by atoms with van der Waals surface area (Å²) in [7, 11) is 1.93. The van der Waals surface area contributed by atoms with Crippen LogP contribution in [0.4, 0.5) is 0 Å². The number of imidazole rings is 1. The smallest absolute Gasteiger partial charge is 0.141 e. The van der Waals surface area contributed by atoms with Gasteiger partial charge in [-0.05, 0) is 56.1 Å². The monoisotopic (exact) mass is 339 g/mol. The molecular weight excluding hydrogens is 334 g/mol. The standard InChI is InChI=1S/C11H7Br2N3/c1-16-10(13)9(12)15-11(16)8-4-2-7(6-14)3-5-8/h2-5H,1H3. The first-order valence-corrected chi connectivity index (χ1v) is 6.10. The molecule has 0 saturated carbocycles. The predicted molar refractivity (Wildman–Crippen MR) is 68.8 cm³/mol. The van der Waals surface area contributed by atoms with E-state index in [4.69, 9.17) is 5.26 Å². The number of aromatic nitrogens is 2. The lowest BCUT2D eigenvalue weighted by Gasteiger charge is -2.02. The van der Waals surface area contributed by atoms with Crippen LogP contribution in [0.25, 0.3) is 11.4 Å². The molecule has 1 aromatic heterocycles. The van der Waals surface area contributed by atoms with Gasteiger partial charge in [0, 0.05) is 12.6 Å². The van der Waals surface area contributed by atoms with Crippen molar-refractivity contribution in [3.63, 3.8) is 0 Å². The Balaban J connectivity index is 2.51. The molecule has 0 aliphatic rings. The summed E-state index contributed by atoms with van der Waals surface area (Å²) in [6.45, 7) is 0. The summed E-state index contributed by atoms with van der Waals surface area (Å²) in [5.41, 5.74) is 1.63. The van der Waals surface area contributed by atoms with Crippen molar-refractivity contribution in [1.29, 1.82) is 5.26 Å². The highest BCUT2D eigenvalue weighted by Gasteiger charge is 2.11. The van der Waals surface area contributed by atoms with E-state index in [1.54, 1.807) is 12.1 Å². The summed E-state index contributed by atoms with van der Waals surface area (Å²) in [5.74, 6) is 0.850. The van der Waals surface area contributed by atoms with Crippen molar-refractivity contribution in [3.05, 3.63) is 39.0 Å². The van der Waals surface area contributed by atoms with Crippen molar-refractivity contribution in [2.75, 3.05) is 0 Å². The Morgan fingerprint density at radius 1 is 1.25 bits per heavy atom. The molecule has 0 unspecified atom stereocenters. The van der Waals surface area contributed by atoms with Gasteiger partial charge < -0.3 is 4.57 Å². The number of halogens is 2. The summed E-state index contributed by atoms with van der Waals surface area (Å²) in [5, 5.41) is 8.72. The molecule has 0 aliphatic carbocycles. The van der Waals surface area contributed by atoms with E-state index in [-0.39, 0.29) is 0 Å². The second-order valence-electron chi connectivity index (χ2n) is 3.27. The fourth-order valence-electron chi connectivity index (χ4n) is 1.40. The number of rotatable bonds is 1. The molecule has 2 aromatic rings. The van der Waals surface area contributed by atoms with Gasteiger partial charge >= 0.3 is 0 Å². The van der Waals surface area contributed by atoms with Crippen LogP contribution in [0.1, 0.15) is 5.56 Å². The molecule has 16 heavy (non-hydrogen) atoms. The Labute approximate surface area is 110 Å². The van der Waals surface area contributed by atoms with E-state index in [1.807, 2.05) is 23.7 Å². The molecule has 0 spiro atoms. The van der Waals surface area contributed by atoms with Crippen LogP contribution in [-0.2, 0) is 7.05 Å². The fraction of sp³-hybridized carbons (Fsp3) is 0.0909. The Hall–Kier alpha value is -1.12. The van der Waals surface area contributed by atoms with Gasteiger partial charge in [0.1, 0.15) is 15.0 Å². The maximum atomic E-state index is 8.72. The number of nitriles is 1. The predicted octanol–water partition coefficient (Wildman–Crippen LogP) is 3.48. The molecule has 0 aliphatic heterocycles. The molecule has 0 N–H and O–H groups in total. The van der Waals surface area contributed by atoms with Gasteiger partial charge in [-0.3, -0.25) is 0 Å². The van der Waals surface area contributed by atoms with Gasteiger partial charge in [0.2, 0.25) is 0 Å². The molecule has 1 aromatic carbocycles. The second-order valence-corrected chi connectivity index (χ2v) is 4.77. The van der Waals surface area contributed by atoms with Crippen molar-refractivity contribution < 1.29 is 0 Å². The van der Waals surface area contributed by atoms with E-state index in [9.17, 15) is 0 Å². The van der Waals surface area contributed by atoms with Crippen molar-refractivity contribution in [1.82, 2.24) is 9.55 Å². The molecule has 0 atom stereocenters. The Morgan fingerprint density at radius 3 is 2.31 bits per heavy atom. The zero-order valence-electron chi connectivity index (χ0n) is 8.41. The van der Waals surface area contributed by atoms with Gasteiger partial charge in [-0.1, -0.05) is 0 Å². The Kier molecular flexibility index (Phi) is 3.13. The SMILES string of the molecule is Cn1c(-c2ccc(C#N)cc2)nc(Br)c1Br. The van der Waals surface area contributed by atoms with E-state index in [2.05, 4.69) is 42.9 Å². The van der Waals surface area contributed by atoms with Crippen LogP contribution in [0.2, 0.25) is 0 Å². The van der Waals surface area contributed by atoms with Crippen LogP contribution in [0.5, 0.6) is 0 Å². The van der Waals surface area contributed by atoms with Gasteiger partial charge in [-0.2, -0.15) is 5.26 Å². The molecule has 0 fully saturated rings. The minimum absolute atomic E-state index is 0.649. The summed E-state index contributed by atoms with van der Waals surface area (Å²) in [6, 6.07) is 9.44. The van der Waals surface area contributed by atoms with E-state index in [0.29, 0.717) is 5.56 Å². The lowest BCUT2D eigenvalue weighted by atomic mass is 10.1. The maximum Gasteiger partial charge on any atom is 0.141 e. The summed E-state index contributed by atoms with van der Waals surface area (Å²) in [6.07, 6.45) is 0. The molecule has 5 heteroatoms. The highest BCUT2D eigenvalue weighted by Crippen LogP contribution is 2.28. The van der Waals surface area contributed by atoms with E-state index >= 15 is 0 Å². The lowest BCUT2D eigenvalue weighted by Crippen LogP contribution is -1.92. The van der Waals surface area contributed by atoms with Crippen molar-refractivity contribution in [3.8, 4) is 17.5 Å². The zero-order chi connectivity index (χ0) is 11.7. The van der Waals surface area contributed by atoms with E-state index in [1.165, 1.54) is 0 Å². The highest BCUT2D eigenvalue weighted by molar-refractivity contribution is 9.13. The van der Waals surface area contributed by atoms with Crippen molar-refractivity contribution in [2.45, 2.75) is 0 Å². The third kappa shape index (κ3) is 1.91. The van der Waals surface area contributed by atoms with Gasteiger partial charge in [0.25, 0.3) is 0 Å². The van der Waals surface area contributed by atoms with E-state index in [0.717, 1.165) is 20.6 Å². The summed E-state index contributed by atoms with van der Waals surface area (Å²) >= 11 is 6.79. The summed E-state index contributed by atoms with van der Waals surface area (Å²) in [4.78, 5) is 4.39. The first kappa shape index (κ1) is 11.4. The van der Waals surface area contributed by atoms with Gasteiger partial charge in [0.15, 0.2) is 0 Å². The van der Waals surface area contributed by atoms with Crippen LogP contribution in [0, 0.1) is 11.3 Å². The fourth-order valence-corrected chi connectivity index (χ4v) is 2.09. The molecule has 0 saturated heterocycles. The lowest BCUT2D eigenvalue weighted by molar-refractivity contribution is 0.901. The number of hydrogen-bond acceptors (Lipinski definition) is 2. The largest absolute Gasteiger partial charge is 0.321 e. The second kappa shape index (κ2) is 4.40. The van der Waals surface area contributed by atoms with Crippen molar-refractivity contribution >= 4 is 31.9 Å². The van der Waals surface area contributed by atoms with E-state index < -0.39 is 0 Å². The normalized spacial score (nSPS) is 10.1. The first-order valence-electron chi connectivity index (χ1n) is 4.51. The quantitative estimate of drug-likeness (QED) is 0.797. The minimum Gasteiger partial charge on any atom is -0.321 e. The minimum atomic E-state index is 0.649. The molecule has 2 rings (SSSR count). The van der Waals surface area contributed by atoms with Crippen LogP contribution in [-0.4, -0.2) is 9.55 Å². The van der Waals surface area contributed by atoms with Gasteiger partial charge in [-0.15, -0.1) is 0 Å². The molecule has 1 heterocycles. The molecular formula is C11H7Br2N3. The molecule has 80 valence electrons. The Bertz CT molecular complexity index is 564. The molecule has 0 bridgehead atoms. The number of nitrogens with zero attached hydrogens (tertiary/aromatic N) is 3. The first-order chi connectivity index (χ1) is 7.63. The van der Waals surface area contributed by atoms with Crippen LogP contribution >= 0.6 is 31.9 Å².